The third kappa shape index (κ3) is 2.70. The van der Waals surface area contributed by atoms with Crippen LogP contribution in [0.5, 0.6) is 0 Å². The Labute approximate surface area is 158 Å². The number of rotatable bonds is 7. The lowest BCUT2D eigenvalue weighted by atomic mass is 9.90. The fraction of sp³-hybridized carbons (Fsp3) is 0.400. The van der Waals surface area contributed by atoms with Crippen molar-refractivity contribution in [3.05, 3.63) is 49.3 Å². The summed E-state index contributed by atoms with van der Waals surface area (Å²) in [5, 5.41) is 0. The average Bonchev–Trinajstić information content (AvgIpc) is 3.31. The van der Waals surface area contributed by atoms with E-state index >= 15 is 0 Å². The van der Waals surface area contributed by atoms with Gasteiger partial charge in [0.25, 0.3) is 0 Å². The molecule has 140 valence electrons. The van der Waals surface area contributed by atoms with E-state index in [1.165, 1.54) is 0 Å². The number of hydrogen-bond donors (Lipinski definition) is 1. The zero-order valence-corrected chi connectivity index (χ0v) is 15.8. The third-order valence-electron chi connectivity index (χ3n) is 5.29. The molecule has 0 bridgehead atoms. The summed E-state index contributed by atoms with van der Waals surface area (Å²) in [7, 11) is 0. The highest BCUT2D eigenvalue weighted by atomic mass is 15.3. The van der Waals surface area contributed by atoms with Crippen LogP contribution in [0.25, 0.3) is 22.3 Å². The predicted molar refractivity (Wildman–Crippen MR) is 106 cm³/mol. The van der Waals surface area contributed by atoms with Gasteiger partial charge in [-0.2, -0.15) is 0 Å². The molecule has 4 aromatic heterocycles. The summed E-state index contributed by atoms with van der Waals surface area (Å²) < 4.78 is 4.38. The first-order chi connectivity index (χ1) is 13.2. The number of nitrogens with zero attached hydrogens (tertiary/aromatic N) is 6. The quantitative estimate of drug-likeness (QED) is 0.544. The van der Waals surface area contributed by atoms with Crippen LogP contribution in [0.4, 0.5) is 0 Å². The number of aromatic nitrogens is 6. The lowest BCUT2D eigenvalue weighted by Crippen LogP contribution is -2.54. The van der Waals surface area contributed by atoms with Crippen molar-refractivity contribution < 1.29 is 0 Å². The van der Waals surface area contributed by atoms with Gasteiger partial charge in [0.2, 0.25) is 0 Å². The fourth-order valence-corrected chi connectivity index (χ4v) is 4.13. The molecule has 4 heterocycles. The molecule has 1 atom stereocenters. The van der Waals surface area contributed by atoms with Gasteiger partial charge in [0.05, 0.1) is 23.7 Å². The van der Waals surface area contributed by atoms with Crippen LogP contribution in [0.15, 0.2) is 49.3 Å². The second-order valence-corrected chi connectivity index (χ2v) is 6.95. The molecule has 1 unspecified atom stereocenters. The molecule has 7 nitrogen and oxygen atoms in total. The highest BCUT2D eigenvalue weighted by molar-refractivity contribution is 5.73. The van der Waals surface area contributed by atoms with Crippen LogP contribution in [-0.2, 0) is 5.66 Å². The zero-order chi connectivity index (χ0) is 18.9. The molecule has 2 N–H and O–H groups in total. The van der Waals surface area contributed by atoms with Crippen LogP contribution >= 0.6 is 0 Å². The second-order valence-electron chi connectivity index (χ2n) is 6.95. The van der Waals surface area contributed by atoms with Crippen molar-refractivity contribution in [1.29, 1.82) is 0 Å². The summed E-state index contributed by atoms with van der Waals surface area (Å²) >= 11 is 0. The Hall–Kier alpha value is -2.80. The highest BCUT2D eigenvalue weighted by Gasteiger charge is 2.41. The van der Waals surface area contributed by atoms with Crippen LogP contribution < -0.4 is 5.73 Å². The van der Waals surface area contributed by atoms with Gasteiger partial charge in [0, 0.05) is 18.4 Å². The Morgan fingerprint density at radius 1 is 0.889 bits per heavy atom. The van der Waals surface area contributed by atoms with E-state index < -0.39 is 5.66 Å². The summed E-state index contributed by atoms with van der Waals surface area (Å²) in [4.78, 5) is 17.9. The van der Waals surface area contributed by atoms with Crippen molar-refractivity contribution in [1.82, 2.24) is 29.1 Å². The number of fused-ring (bicyclic) bond motifs is 2. The first kappa shape index (κ1) is 17.6. The standard InChI is InChI=1S/C20H25N7/c1-3-7-17(21)20(10-4-2,26-13-24-18-15(26)8-5-11-22-18)27-14-25-19-16(27)9-6-12-23-19/h5-6,8-9,11-14,17H,3-4,7,10,21H2,1-2H3. The van der Waals surface area contributed by atoms with E-state index in [0.717, 1.165) is 48.0 Å². The van der Waals surface area contributed by atoms with Crippen molar-refractivity contribution in [2.45, 2.75) is 51.2 Å². The molecule has 0 radical (unpaired) electrons. The SMILES string of the molecule is CCCC(N)C(CCC)(n1cnc2ncccc21)n1cnc2ncccc21. The molecule has 0 aliphatic heterocycles. The van der Waals surface area contributed by atoms with E-state index in [9.17, 15) is 0 Å². The summed E-state index contributed by atoms with van der Waals surface area (Å²) in [5.74, 6) is 0. The van der Waals surface area contributed by atoms with Gasteiger partial charge in [-0.15, -0.1) is 0 Å². The van der Waals surface area contributed by atoms with Crippen molar-refractivity contribution in [2.24, 2.45) is 5.73 Å². The smallest absolute Gasteiger partial charge is 0.177 e. The summed E-state index contributed by atoms with van der Waals surface area (Å²) in [6.45, 7) is 4.35. The highest BCUT2D eigenvalue weighted by Crippen LogP contribution is 2.35. The molecule has 0 spiro atoms. The molecular formula is C20H25N7. The fourth-order valence-electron chi connectivity index (χ4n) is 4.13. The summed E-state index contributed by atoms with van der Waals surface area (Å²) in [6, 6.07) is 7.87. The number of nitrogens with two attached hydrogens (primary N) is 1. The third-order valence-corrected chi connectivity index (χ3v) is 5.29. The first-order valence-corrected chi connectivity index (χ1v) is 9.55. The summed E-state index contributed by atoms with van der Waals surface area (Å²) in [6.07, 6.45) is 11.0. The first-order valence-electron chi connectivity index (χ1n) is 9.55. The van der Waals surface area contributed by atoms with Gasteiger partial charge in [0.15, 0.2) is 11.3 Å². The molecule has 4 rings (SSSR count). The topological polar surface area (TPSA) is 87.4 Å². The van der Waals surface area contributed by atoms with E-state index in [0.29, 0.717) is 0 Å². The second kappa shape index (κ2) is 7.08. The van der Waals surface area contributed by atoms with Gasteiger partial charge < -0.3 is 14.9 Å². The molecule has 0 saturated heterocycles. The minimum absolute atomic E-state index is 0.113. The zero-order valence-electron chi connectivity index (χ0n) is 15.8. The molecule has 0 amide bonds. The van der Waals surface area contributed by atoms with Gasteiger partial charge in [-0.1, -0.05) is 26.7 Å². The van der Waals surface area contributed by atoms with Crippen molar-refractivity contribution in [3.8, 4) is 0 Å². The molecule has 0 aliphatic rings. The Kier molecular flexibility index (Phi) is 4.61. The number of hydrogen-bond acceptors (Lipinski definition) is 5. The lowest BCUT2D eigenvalue weighted by molar-refractivity contribution is 0.161. The molecule has 4 aromatic rings. The van der Waals surface area contributed by atoms with Crippen LogP contribution in [0.3, 0.4) is 0 Å². The minimum Gasteiger partial charge on any atom is -0.324 e. The Morgan fingerprint density at radius 2 is 1.44 bits per heavy atom. The average molecular weight is 363 g/mol. The number of pyridine rings is 2. The van der Waals surface area contributed by atoms with Crippen LogP contribution in [-0.4, -0.2) is 35.1 Å². The van der Waals surface area contributed by atoms with Gasteiger partial charge in [-0.05, 0) is 37.1 Å². The van der Waals surface area contributed by atoms with Crippen molar-refractivity contribution in [3.63, 3.8) is 0 Å². The maximum absolute atomic E-state index is 6.88. The van der Waals surface area contributed by atoms with Crippen LogP contribution in [0, 0.1) is 0 Å². The monoisotopic (exact) mass is 363 g/mol. The Balaban J connectivity index is 2.05. The van der Waals surface area contributed by atoms with Gasteiger partial charge in [-0.3, -0.25) is 0 Å². The van der Waals surface area contributed by atoms with Crippen LogP contribution in [0.2, 0.25) is 0 Å². The Morgan fingerprint density at radius 3 is 1.93 bits per heavy atom. The maximum atomic E-state index is 6.88. The molecule has 0 saturated carbocycles. The minimum atomic E-state index is -0.527. The molecular weight excluding hydrogens is 338 g/mol. The maximum Gasteiger partial charge on any atom is 0.177 e. The lowest BCUT2D eigenvalue weighted by Gasteiger charge is -2.42. The molecule has 0 aromatic carbocycles. The molecule has 7 heteroatoms. The predicted octanol–water partition coefficient (Wildman–Crippen LogP) is 3.30. The van der Waals surface area contributed by atoms with E-state index in [4.69, 9.17) is 5.73 Å². The van der Waals surface area contributed by atoms with Crippen molar-refractivity contribution in [2.75, 3.05) is 0 Å². The van der Waals surface area contributed by atoms with E-state index in [2.05, 4.69) is 55.1 Å². The summed E-state index contributed by atoms with van der Waals surface area (Å²) in [5.41, 5.74) is 9.75. The molecule has 0 aliphatic carbocycles. The van der Waals surface area contributed by atoms with Gasteiger partial charge in [-0.25, -0.2) is 19.9 Å². The van der Waals surface area contributed by atoms with E-state index in [1.54, 1.807) is 12.4 Å². The van der Waals surface area contributed by atoms with Gasteiger partial charge in [0.1, 0.15) is 5.66 Å². The van der Waals surface area contributed by atoms with Gasteiger partial charge >= 0.3 is 0 Å². The molecule has 0 fully saturated rings. The number of imidazole rings is 2. The normalized spacial score (nSPS) is 13.4. The molecule has 27 heavy (non-hydrogen) atoms. The van der Waals surface area contributed by atoms with Crippen molar-refractivity contribution >= 4 is 22.3 Å². The van der Waals surface area contributed by atoms with E-state index in [1.807, 2.05) is 24.8 Å². The van der Waals surface area contributed by atoms with E-state index in [-0.39, 0.29) is 6.04 Å². The van der Waals surface area contributed by atoms with Crippen LogP contribution in [0.1, 0.15) is 39.5 Å². The Bertz CT molecular complexity index is 975. The largest absolute Gasteiger partial charge is 0.324 e.